The zero-order chi connectivity index (χ0) is 9.52. The van der Waals surface area contributed by atoms with Crippen molar-refractivity contribution in [2.75, 3.05) is 46.6 Å². The second-order valence-corrected chi connectivity index (χ2v) is 3.35. The van der Waals surface area contributed by atoms with Gasteiger partial charge in [0.05, 0.1) is 13.2 Å². The molecule has 1 saturated heterocycles. The normalized spacial score (nSPS) is 22.6. The minimum absolute atomic E-state index is 0.353. The molecule has 0 radical (unpaired) electrons. The van der Waals surface area contributed by atoms with Gasteiger partial charge in [-0.15, -0.1) is 0 Å². The molecule has 0 aromatic rings. The summed E-state index contributed by atoms with van der Waals surface area (Å²) in [6.07, 6.45) is 1.10. The Labute approximate surface area is 80.0 Å². The van der Waals surface area contributed by atoms with E-state index < -0.39 is 0 Å². The number of nitrogens with two attached hydrogens (primary N) is 1. The lowest BCUT2D eigenvalue weighted by molar-refractivity contribution is 0.0866. The van der Waals surface area contributed by atoms with Crippen molar-refractivity contribution in [3.8, 4) is 0 Å². The van der Waals surface area contributed by atoms with Gasteiger partial charge in [-0.25, -0.2) is 0 Å². The average molecular weight is 188 g/mol. The molecule has 13 heavy (non-hydrogen) atoms. The van der Waals surface area contributed by atoms with E-state index in [1.54, 1.807) is 7.11 Å². The first-order valence-corrected chi connectivity index (χ1v) is 4.89. The highest BCUT2D eigenvalue weighted by atomic mass is 16.5. The first-order chi connectivity index (χ1) is 6.38. The lowest BCUT2D eigenvalue weighted by Crippen LogP contribution is -2.44. The second-order valence-electron chi connectivity index (χ2n) is 3.35. The molecule has 1 aliphatic heterocycles. The number of methoxy groups -OCH3 is 1. The largest absolute Gasteiger partial charge is 0.383 e. The van der Waals surface area contributed by atoms with Crippen molar-refractivity contribution in [1.82, 2.24) is 4.90 Å². The molecule has 0 spiro atoms. The fourth-order valence-electron chi connectivity index (χ4n) is 1.65. The predicted octanol–water partition coefficient (Wildman–Crippen LogP) is -0.318. The SMILES string of the molecule is COCC(CN)N1CCCOCC1. The molecule has 1 atom stereocenters. The smallest absolute Gasteiger partial charge is 0.0630 e. The molecule has 0 saturated carbocycles. The Morgan fingerprint density at radius 3 is 3.00 bits per heavy atom. The number of nitrogens with zero attached hydrogens (tertiary/aromatic N) is 1. The van der Waals surface area contributed by atoms with Crippen LogP contribution in [0.4, 0.5) is 0 Å². The maximum Gasteiger partial charge on any atom is 0.0630 e. The van der Waals surface area contributed by atoms with Crippen LogP contribution in [0.3, 0.4) is 0 Å². The molecule has 0 aromatic heterocycles. The minimum Gasteiger partial charge on any atom is -0.383 e. The van der Waals surface area contributed by atoms with Gasteiger partial charge < -0.3 is 15.2 Å². The summed E-state index contributed by atoms with van der Waals surface area (Å²) in [5.41, 5.74) is 5.68. The molecule has 0 bridgehead atoms. The molecule has 4 heteroatoms. The first-order valence-electron chi connectivity index (χ1n) is 4.89. The number of rotatable bonds is 4. The lowest BCUT2D eigenvalue weighted by atomic mass is 10.2. The van der Waals surface area contributed by atoms with Gasteiger partial charge in [0.15, 0.2) is 0 Å². The van der Waals surface area contributed by atoms with Crippen LogP contribution >= 0.6 is 0 Å². The minimum atomic E-state index is 0.353. The summed E-state index contributed by atoms with van der Waals surface area (Å²) in [4.78, 5) is 2.36. The van der Waals surface area contributed by atoms with Crippen molar-refractivity contribution >= 4 is 0 Å². The lowest BCUT2D eigenvalue weighted by Gasteiger charge is -2.28. The quantitative estimate of drug-likeness (QED) is 0.657. The van der Waals surface area contributed by atoms with E-state index >= 15 is 0 Å². The van der Waals surface area contributed by atoms with E-state index in [0.29, 0.717) is 12.6 Å². The molecule has 1 aliphatic rings. The molecule has 1 unspecified atom stereocenters. The fraction of sp³-hybridized carbons (Fsp3) is 1.00. The molecule has 1 rings (SSSR count). The van der Waals surface area contributed by atoms with E-state index in [1.165, 1.54) is 0 Å². The molecule has 1 heterocycles. The van der Waals surface area contributed by atoms with E-state index in [-0.39, 0.29) is 0 Å². The molecule has 0 amide bonds. The van der Waals surface area contributed by atoms with Crippen molar-refractivity contribution in [3.63, 3.8) is 0 Å². The van der Waals surface area contributed by atoms with Crippen LogP contribution in [-0.2, 0) is 9.47 Å². The van der Waals surface area contributed by atoms with Gasteiger partial charge in [0, 0.05) is 39.4 Å². The molecular weight excluding hydrogens is 168 g/mol. The zero-order valence-corrected chi connectivity index (χ0v) is 8.37. The third kappa shape index (κ3) is 3.60. The Morgan fingerprint density at radius 2 is 2.31 bits per heavy atom. The number of ether oxygens (including phenoxy) is 2. The molecule has 78 valence electrons. The van der Waals surface area contributed by atoms with Crippen LogP contribution < -0.4 is 5.73 Å². The average Bonchev–Trinajstić information content (AvgIpc) is 2.42. The van der Waals surface area contributed by atoms with Gasteiger partial charge in [-0.2, -0.15) is 0 Å². The van der Waals surface area contributed by atoms with Gasteiger partial charge in [0.25, 0.3) is 0 Å². The molecule has 0 aliphatic carbocycles. The van der Waals surface area contributed by atoms with Crippen molar-refractivity contribution in [2.45, 2.75) is 12.5 Å². The summed E-state index contributed by atoms with van der Waals surface area (Å²) < 4.78 is 10.5. The Hall–Kier alpha value is -0.160. The summed E-state index contributed by atoms with van der Waals surface area (Å²) in [6, 6.07) is 0.353. The van der Waals surface area contributed by atoms with Crippen LogP contribution in [0.1, 0.15) is 6.42 Å². The van der Waals surface area contributed by atoms with Crippen LogP contribution in [-0.4, -0.2) is 57.5 Å². The monoisotopic (exact) mass is 188 g/mol. The van der Waals surface area contributed by atoms with Gasteiger partial charge in [0.2, 0.25) is 0 Å². The standard InChI is InChI=1S/C9H20N2O2/c1-12-8-9(7-10)11-3-2-5-13-6-4-11/h9H,2-8,10H2,1H3. The maximum absolute atomic E-state index is 5.68. The van der Waals surface area contributed by atoms with E-state index in [1.807, 2.05) is 0 Å². The summed E-state index contributed by atoms with van der Waals surface area (Å²) >= 11 is 0. The van der Waals surface area contributed by atoms with Gasteiger partial charge >= 0.3 is 0 Å². The van der Waals surface area contributed by atoms with Crippen molar-refractivity contribution in [1.29, 1.82) is 0 Å². The highest BCUT2D eigenvalue weighted by Gasteiger charge is 2.17. The summed E-state index contributed by atoms with van der Waals surface area (Å²) in [5.74, 6) is 0. The van der Waals surface area contributed by atoms with Gasteiger partial charge in [-0.3, -0.25) is 4.90 Å². The van der Waals surface area contributed by atoms with Crippen molar-refractivity contribution in [3.05, 3.63) is 0 Å². The molecular formula is C9H20N2O2. The molecule has 4 nitrogen and oxygen atoms in total. The van der Waals surface area contributed by atoms with Gasteiger partial charge in [-0.1, -0.05) is 0 Å². The number of hydrogen-bond acceptors (Lipinski definition) is 4. The topological polar surface area (TPSA) is 47.7 Å². The van der Waals surface area contributed by atoms with Gasteiger partial charge in [-0.05, 0) is 6.42 Å². The van der Waals surface area contributed by atoms with E-state index in [0.717, 1.165) is 39.3 Å². The highest BCUT2D eigenvalue weighted by Crippen LogP contribution is 2.04. The van der Waals surface area contributed by atoms with Crippen LogP contribution in [0.2, 0.25) is 0 Å². The van der Waals surface area contributed by atoms with Crippen molar-refractivity contribution < 1.29 is 9.47 Å². The van der Waals surface area contributed by atoms with Crippen molar-refractivity contribution in [2.24, 2.45) is 5.73 Å². The Balaban J connectivity index is 2.35. The van der Waals surface area contributed by atoms with E-state index in [2.05, 4.69) is 4.90 Å². The number of hydrogen-bond donors (Lipinski definition) is 1. The summed E-state index contributed by atoms with van der Waals surface area (Å²) in [7, 11) is 1.72. The summed E-state index contributed by atoms with van der Waals surface area (Å²) in [5, 5.41) is 0. The summed E-state index contributed by atoms with van der Waals surface area (Å²) in [6.45, 7) is 5.13. The van der Waals surface area contributed by atoms with Gasteiger partial charge in [0.1, 0.15) is 0 Å². The van der Waals surface area contributed by atoms with E-state index in [9.17, 15) is 0 Å². The van der Waals surface area contributed by atoms with E-state index in [4.69, 9.17) is 15.2 Å². The van der Waals surface area contributed by atoms with Crippen LogP contribution in [0.5, 0.6) is 0 Å². The molecule has 2 N–H and O–H groups in total. The fourth-order valence-corrected chi connectivity index (χ4v) is 1.65. The first kappa shape index (κ1) is 10.9. The Morgan fingerprint density at radius 1 is 1.46 bits per heavy atom. The molecule has 0 aromatic carbocycles. The zero-order valence-electron chi connectivity index (χ0n) is 8.37. The van der Waals surface area contributed by atoms with Crippen LogP contribution in [0.15, 0.2) is 0 Å². The van der Waals surface area contributed by atoms with Crippen LogP contribution in [0.25, 0.3) is 0 Å². The highest BCUT2D eigenvalue weighted by molar-refractivity contribution is 4.73. The maximum atomic E-state index is 5.68. The third-order valence-corrected chi connectivity index (χ3v) is 2.40. The third-order valence-electron chi connectivity index (χ3n) is 2.40. The predicted molar refractivity (Wildman–Crippen MR) is 51.7 cm³/mol. The second kappa shape index (κ2) is 6.32. The van der Waals surface area contributed by atoms with Crippen LogP contribution in [0, 0.1) is 0 Å². The Kier molecular flexibility index (Phi) is 5.31. The Bertz CT molecular complexity index is 125. The molecule has 1 fully saturated rings.